The summed E-state index contributed by atoms with van der Waals surface area (Å²) in [6, 6.07) is 7.22. The number of ether oxygens (including phenoxy) is 6. The number of fused-ring (bicyclic) bond motifs is 3. The Hall–Kier alpha value is -2.65. The molecule has 0 radical (unpaired) electrons. The van der Waals surface area contributed by atoms with Gasteiger partial charge in [0.25, 0.3) is 0 Å². The van der Waals surface area contributed by atoms with Crippen molar-refractivity contribution in [1.29, 1.82) is 0 Å². The molecular formula is C22H21BrO8. The van der Waals surface area contributed by atoms with E-state index in [9.17, 15) is 9.90 Å². The second kappa shape index (κ2) is 7.20. The van der Waals surface area contributed by atoms with E-state index in [1.807, 2.05) is 18.2 Å². The number of carbonyl (C=O) groups is 1. The summed E-state index contributed by atoms with van der Waals surface area (Å²) < 4.78 is 31.8. The second-order valence-corrected chi connectivity index (χ2v) is 8.96. The molecule has 1 unspecified atom stereocenters. The topological polar surface area (TPSA) is 92.7 Å². The highest BCUT2D eigenvalue weighted by molar-refractivity contribution is 9.10. The molecule has 2 heterocycles. The van der Waals surface area contributed by atoms with Gasteiger partial charge in [-0.2, -0.15) is 0 Å². The van der Waals surface area contributed by atoms with Gasteiger partial charge in [0, 0.05) is 5.92 Å². The highest BCUT2D eigenvalue weighted by Gasteiger charge is 2.62. The van der Waals surface area contributed by atoms with Gasteiger partial charge in [0.1, 0.15) is 4.32 Å². The maximum Gasteiger partial charge on any atom is 0.324 e. The van der Waals surface area contributed by atoms with Crippen molar-refractivity contribution in [2.45, 2.75) is 16.3 Å². The number of carbonyl (C=O) groups excluding carboxylic acids is 1. The quantitative estimate of drug-likeness (QED) is 0.514. The maximum atomic E-state index is 13.0. The first-order valence-corrected chi connectivity index (χ1v) is 10.5. The Labute approximate surface area is 187 Å². The van der Waals surface area contributed by atoms with E-state index in [0.29, 0.717) is 34.3 Å². The van der Waals surface area contributed by atoms with Crippen molar-refractivity contribution < 1.29 is 38.3 Å². The first-order chi connectivity index (χ1) is 14.9. The lowest BCUT2D eigenvalue weighted by Gasteiger charge is -2.42. The molecule has 0 aromatic heterocycles. The third kappa shape index (κ3) is 2.72. The highest BCUT2D eigenvalue weighted by atomic mass is 79.9. The lowest BCUT2D eigenvalue weighted by atomic mass is 9.66. The number of aliphatic hydroxyl groups excluding tert-OH is 1. The lowest BCUT2D eigenvalue weighted by Crippen LogP contribution is -2.47. The van der Waals surface area contributed by atoms with Crippen LogP contribution in [0, 0.1) is 5.92 Å². The van der Waals surface area contributed by atoms with E-state index < -0.39 is 28.2 Å². The molecule has 2 aromatic rings. The molecular weight excluding hydrogens is 472 g/mol. The molecule has 0 amide bonds. The summed E-state index contributed by atoms with van der Waals surface area (Å²) in [5.41, 5.74) is 2.14. The lowest BCUT2D eigenvalue weighted by molar-refractivity contribution is -0.140. The number of benzene rings is 2. The van der Waals surface area contributed by atoms with E-state index in [0.717, 1.165) is 11.1 Å². The van der Waals surface area contributed by atoms with E-state index in [1.54, 1.807) is 6.07 Å². The van der Waals surface area contributed by atoms with Crippen LogP contribution >= 0.6 is 15.9 Å². The van der Waals surface area contributed by atoms with Crippen LogP contribution in [0.15, 0.2) is 24.3 Å². The molecule has 0 spiro atoms. The van der Waals surface area contributed by atoms with Gasteiger partial charge in [-0.25, -0.2) is 0 Å². The first kappa shape index (κ1) is 20.3. The van der Waals surface area contributed by atoms with Crippen LogP contribution in [0.4, 0.5) is 0 Å². The molecule has 1 aliphatic carbocycles. The van der Waals surface area contributed by atoms with Gasteiger partial charge in [-0.1, -0.05) is 15.9 Å². The van der Waals surface area contributed by atoms with Gasteiger partial charge in [-0.05, 0) is 41.0 Å². The van der Waals surface area contributed by atoms with Crippen LogP contribution in [0.25, 0.3) is 0 Å². The zero-order valence-corrected chi connectivity index (χ0v) is 18.7. The first-order valence-electron chi connectivity index (χ1n) is 9.71. The predicted molar refractivity (Wildman–Crippen MR) is 112 cm³/mol. The van der Waals surface area contributed by atoms with Crippen molar-refractivity contribution in [2.75, 3.05) is 34.7 Å². The van der Waals surface area contributed by atoms with E-state index in [1.165, 1.54) is 21.3 Å². The Bertz CT molecular complexity index is 1040. The largest absolute Gasteiger partial charge is 0.493 e. The smallest absolute Gasteiger partial charge is 0.324 e. The van der Waals surface area contributed by atoms with Gasteiger partial charge in [-0.15, -0.1) is 0 Å². The van der Waals surface area contributed by atoms with Crippen molar-refractivity contribution >= 4 is 21.9 Å². The number of hydrogen-bond donors (Lipinski definition) is 1. The molecule has 8 nitrogen and oxygen atoms in total. The van der Waals surface area contributed by atoms with E-state index in [2.05, 4.69) is 15.9 Å². The predicted octanol–water partition coefficient (Wildman–Crippen LogP) is 2.93. The SMILES string of the molecule is COc1cc([C@@H]2c3cc4c(cc3C(O)[C@H]3COC(=O)[C@]23Br)OCO4)cc(OC)c1OC. The number of methoxy groups -OCH3 is 3. The van der Waals surface area contributed by atoms with Gasteiger partial charge < -0.3 is 33.5 Å². The number of aliphatic hydroxyl groups is 1. The number of rotatable bonds is 4. The Morgan fingerprint density at radius 1 is 0.968 bits per heavy atom. The van der Waals surface area contributed by atoms with Crippen molar-refractivity contribution in [1.82, 2.24) is 0 Å². The van der Waals surface area contributed by atoms with Crippen LogP contribution in [-0.4, -0.2) is 50.1 Å². The molecule has 1 saturated heterocycles. The number of halogens is 1. The zero-order chi connectivity index (χ0) is 21.9. The monoisotopic (exact) mass is 492 g/mol. The van der Waals surface area contributed by atoms with Crippen molar-refractivity contribution in [3.05, 3.63) is 41.0 Å². The van der Waals surface area contributed by atoms with Gasteiger partial charge in [0.05, 0.1) is 40.0 Å². The van der Waals surface area contributed by atoms with Crippen molar-refractivity contribution in [3.8, 4) is 28.7 Å². The second-order valence-electron chi connectivity index (χ2n) is 7.64. The normalized spacial score (nSPS) is 27.9. The van der Waals surface area contributed by atoms with Gasteiger partial charge in [0.2, 0.25) is 12.5 Å². The van der Waals surface area contributed by atoms with Crippen LogP contribution in [-0.2, 0) is 9.53 Å². The molecule has 1 fully saturated rings. The molecule has 1 N–H and O–H groups in total. The molecule has 2 aliphatic heterocycles. The van der Waals surface area contributed by atoms with Crippen LogP contribution in [0.2, 0.25) is 0 Å². The summed E-state index contributed by atoms with van der Waals surface area (Å²) in [5.74, 6) is 1.04. The summed E-state index contributed by atoms with van der Waals surface area (Å²) in [6.45, 7) is 0.203. The fourth-order valence-corrected chi connectivity index (χ4v) is 5.82. The number of esters is 1. The molecule has 0 bridgehead atoms. The van der Waals surface area contributed by atoms with E-state index >= 15 is 0 Å². The molecule has 164 valence electrons. The summed E-state index contributed by atoms with van der Waals surface area (Å²) in [5, 5.41) is 11.2. The summed E-state index contributed by atoms with van der Waals surface area (Å²) in [6.07, 6.45) is -0.923. The Balaban J connectivity index is 1.79. The van der Waals surface area contributed by atoms with Gasteiger partial charge in [0.15, 0.2) is 23.0 Å². The summed E-state index contributed by atoms with van der Waals surface area (Å²) >= 11 is 3.69. The standard InChI is InChI=1S/C22H21BrO8/c1-26-16-4-10(5-17(27-2)20(16)28-3)18-11-6-14-15(31-9-30-14)7-12(11)19(24)13-8-29-21(25)22(13,18)23/h4-7,13,18-19,24H,8-9H2,1-3H3/t13-,18-,19?,22-/m1/s1. The van der Waals surface area contributed by atoms with E-state index in [4.69, 9.17) is 28.4 Å². The summed E-state index contributed by atoms with van der Waals surface area (Å²) in [4.78, 5) is 13.0. The van der Waals surface area contributed by atoms with Crippen LogP contribution in [0.1, 0.15) is 28.7 Å². The van der Waals surface area contributed by atoms with E-state index in [-0.39, 0.29) is 13.4 Å². The molecule has 2 aromatic carbocycles. The molecule has 31 heavy (non-hydrogen) atoms. The Kier molecular flexibility index (Phi) is 4.71. The molecule has 5 rings (SSSR count). The van der Waals surface area contributed by atoms with Crippen LogP contribution in [0.3, 0.4) is 0 Å². The molecule has 4 atom stereocenters. The zero-order valence-electron chi connectivity index (χ0n) is 17.1. The Morgan fingerprint density at radius 2 is 1.58 bits per heavy atom. The summed E-state index contributed by atoms with van der Waals surface area (Å²) in [7, 11) is 4.60. The number of hydrogen-bond acceptors (Lipinski definition) is 8. The average molecular weight is 493 g/mol. The van der Waals surface area contributed by atoms with Crippen LogP contribution < -0.4 is 23.7 Å². The molecule has 9 heteroatoms. The van der Waals surface area contributed by atoms with Gasteiger partial charge in [-0.3, -0.25) is 4.79 Å². The van der Waals surface area contributed by atoms with Gasteiger partial charge >= 0.3 is 5.97 Å². The molecule has 0 saturated carbocycles. The van der Waals surface area contributed by atoms with Crippen LogP contribution in [0.5, 0.6) is 28.7 Å². The van der Waals surface area contributed by atoms with Crippen molar-refractivity contribution in [2.24, 2.45) is 5.92 Å². The minimum Gasteiger partial charge on any atom is -0.493 e. The maximum absolute atomic E-state index is 13.0. The minimum absolute atomic E-state index is 0.0973. The number of alkyl halides is 1. The third-order valence-corrected chi connectivity index (χ3v) is 7.65. The fraction of sp³-hybridized carbons (Fsp3) is 0.409. The minimum atomic E-state index is -1.18. The number of cyclic esters (lactones) is 1. The average Bonchev–Trinajstić information content (AvgIpc) is 3.36. The molecule has 3 aliphatic rings. The van der Waals surface area contributed by atoms with Crippen molar-refractivity contribution in [3.63, 3.8) is 0 Å². The Morgan fingerprint density at radius 3 is 2.16 bits per heavy atom. The highest BCUT2D eigenvalue weighted by Crippen LogP contribution is 2.60. The fourth-order valence-electron chi connectivity index (χ4n) is 4.81. The third-order valence-electron chi connectivity index (χ3n) is 6.28.